The minimum Gasteiger partial charge on any atom is -0.258 e. The summed E-state index contributed by atoms with van der Waals surface area (Å²) < 4.78 is 0. The minimum atomic E-state index is -0.464. The van der Waals surface area contributed by atoms with Crippen LogP contribution in [0, 0.1) is 20.2 Å². The molecule has 0 aromatic heterocycles. The Morgan fingerprint density at radius 3 is 1.46 bits per heavy atom. The largest absolute Gasteiger partial charge is 0.270 e. The number of aliphatic imine (C=N–C) groups is 2. The smallest absolute Gasteiger partial charge is 0.258 e. The average molecular weight is 374 g/mol. The maximum Gasteiger partial charge on any atom is 0.270 e. The standard InChI is InChI=1S/C20H14N4O4/c25-23(26)17-7-3-5-15(11-17)13-21-19-9-1-2-10-20(19)22-14-16-6-4-8-18(12-16)24(27)28/h1-14H. The van der Waals surface area contributed by atoms with Gasteiger partial charge in [0.05, 0.1) is 21.2 Å². The van der Waals surface area contributed by atoms with E-state index in [0.29, 0.717) is 22.5 Å². The summed E-state index contributed by atoms with van der Waals surface area (Å²) in [5, 5.41) is 21.7. The van der Waals surface area contributed by atoms with Crippen molar-refractivity contribution < 1.29 is 9.85 Å². The number of nitrogens with zero attached hydrogens (tertiary/aromatic N) is 4. The van der Waals surface area contributed by atoms with Crippen LogP contribution >= 0.6 is 0 Å². The van der Waals surface area contributed by atoms with Crippen molar-refractivity contribution in [3.8, 4) is 0 Å². The van der Waals surface area contributed by atoms with Crippen molar-refractivity contribution in [2.75, 3.05) is 0 Å². The molecule has 0 fully saturated rings. The van der Waals surface area contributed by atoms with E-state index in [-0.39, 0.29) is 11.4 Å². The first-order valence-electron chi connectivity index (χ1n) is 8.19. The maximum absolute atomic E-state index is 10.9. The molecule has 0 aliphatic heterocycles. The Balaban J connectivity index is 1.85. The van der Waals surface area contributed by atoms with Crippen LogP contribution in [0.5, 0.6) is 0 Å². The highest BCUT2D eigenvalue weighted by atomic mass is 16.6. The highest BCUT2D eigenvalue weighted by molar-refractivity contribution is 5.87. The number of hydrogen-bond acceptors (Lipinski definition) is 6. The first-order valence-corrected chi connectivity index (χ1v) is 8.19. The summed E-state index contributed by atoms with van der Waals surface area (Å²) >= 11 is 0. The fourth-order valence-corrected chi connectivity index (χ4v) is 2.41. The van der Waals surface area contributed by atoms with Crippen LogP contribution in [0.2, 0.25) is 0 Å². The van der Waals surface area contributed by atoms with E-state index in [2.05, 4.69) is 9.98 Å². The van der Waals surface area contributed by atoms with Crippen molar-refractivity contribution in [1.82, 2.24) is 0 Å². The molecule has 8 nitrogen and oxygen atoms in total. The first-order chi connectivity index (χ1) is 13.5. The molecule has 8 heteroatoms. The van der Waals surface area contributed by atoms with E-state index < -0.39 is 9.85 Å². The Labute approximate surface area is 159 Å². The van der Waals surface area contributed by atoms with Crippen molar-refractivity contribution in [3.63, 3.8) is 0 Å². The SMILES string of the molecule is O=[N+]([O-])c1cccc(C=Nc2ccccc2N=Cc2cccc([N+](=O)[O-])c2)c1. The molecule has 28 heavy (non-hydrogen) atoms. The van der Waals surface area contributed by atoms with Gasteiger partial charge in [0.2, 0.25) is 0 Å². The molecule has 0 N–H and O–H groups in total. The second-order valence-corrected chi connectivity index (χ2v) is 5.71. The molecule has 0 aliphatic rings. The zero-order chi connectivity index (χ0) is 19.9. The molecular weight excluding hydrogens is 360 g/mol. The summed E-state index contributed by atoms with van der Waals surface area (Å²) in [4.78, 5) is 29.5. The molecule has 0 bridgehead atoms. The van der Waals surface area contributed by atoms with Crippen LogP contribution in [-0.4, -0.2) is 22.3 Å². The van der Waals surface area contributed by atoms with Crippen molar-refractivity contribution >= 4 is 35.2 Å². The van der Waals surface area contributed by atoms with Crippen LogP contribution in [0.3, 0.4) is 0 Å². The van der Waals surface area contributed by atoms with Crippen molar-refractivity contribution in [2.24, 2.45) is 9.98 Å². The summed E-state index contributed by atoms with van der Waals surface area (Å²) in [6.07, 6.45) is 3.05. The number of rotatable bonds is 6. The van der Waals surface area contributed by atoms with Crippen molar-refractivity contribution in [1.29, 1.82) is 0 Å². The third-order valence-electron chi connectivity index (χ3n) is 3.75. The van der Waals surface area contributed by atoms with Gasteiger partial charge in [0.1, 0.15) is 0 Å². The summed E-state index contributed by atoms with van der Waals surface area (Å²) in [5.74, 6) is 0. The third kappa shape index (κ3) is 4.70. The van der Waals surface area contributed by atoms with Gasteiger partial charge in [0, 0.05) is 36.7 Å². The molecule has 3 aromatic rings. The Morgan fingerprint density at radius 1 is 0.643 bits per heavy atom. The van der Waals surface area contributed by atoms with Gasteiger partial charge >= 0.3 is 0 Å². The summed E-state index contributed by atoms with van der Waals surface area (Å²) in [6.45, 7) is 0. The van der Waals surface area contributed by atoms with Gasteiger partial charge < -0.3 is 0 Å². The molecule has 0 unspecified atom stereocenters. The zero-order valence-corrected chi connectivity index (χ0v) is 14.5. The Bertz CT molecular complexity index is 1010. The lowest BCUT2D eigenvalue weighted by atomic mass is 10.2. The van der Waals surface area contributed by atoms with Crippen LogP contribution in [0.4, 0.5) is 22.7 Å². The van der Waals surface area contributed by atoms with Gasteiger partial charge in [0.15, 0.2) is 0 Å². The number of hydrogen-bond donors (Lipinski definition) is 0. The molecule has 0 radical (unpaired) electrons. The lowest BCUT2D eigenvalue weighted by molar-refractivity contribution is -0.385. The van der Waals surface area contributed by atoms with Gasteiger partial charge in [-0.1, -0.05) is 36.4 Å². The second-order valence-electron chi connectivity index (χ2n) is 5.71. The van der Waals surface area contributed by atoms with Crippen LogP contribution in [0.1, 0.15) is 11.1 Å². The van der Waals surface area contributed by atoms with E-state index in [1.54, 1.807) is 48.5 Å². The molecular formula is C20H14N4O4. The third-order valence-corrected chi connectivity index (χ3v) is 3.75. The molecule has 3 rings (SSSR count). The molecule has 3 aromatic carbocycles. The molecule has 0 saturated carbocycles. The predicted molar refractivity (Wildman–Crippen MR) is 107 cm³/mol. The second kappa shape index (κ2) is 8.45. The lowest BCUT2D eigenvalue weighted by Crippen LogP contribution is -1.89. The Hall–Kier alpha value is -4.20. The molecule has 0 heterocycles. The highest BCUT2D eigenvalue weighted by Gasteiger charge is 2.06. The van der Waals surface area contributed by atoms with E-state index >= 15 is 0 Å². The number of non-ortho nitro benzene ring substituents is 2. The number of para-hydroxylation sites is 2. The predicted octanol–water partition coefficient (Wildman–Crippen LogP) is 5.00. The van der Waals surface area contributed by atoms with E-state index in [1.165, 1.54) is 36.7 Å². The van der Waals surface area contributed by atoms with Gasteiger partial charge in [-0.05, 0) is 23.3 Å². The summed E-state index contributed by atoms with van der Waals surface area (Å²) in [5.41, 5.74) is 2.28. The Morgan fingerprint density at radius 2 is 1.07 bits per heavy atom. The van der Waals surface area contributed by atoms with Crippen LogP contribution < -0.4 is 0 Å². The monoisotopic (exact) mass is 374 g/mol. The fourth-order valence-electron chi connectivity index (χ4n) is 2.41. The number of nitro groups is 2. The highest BCUT2D eigenvalue weighted by Crippen LogP contribution is 2.27. The topological polar surface area (TPSA) is 111 Å². The van der Waals surface area contributed by atoms with Crippen molar-refractivity contribution in [3.05, 3.63) is 104 Å². The van der Waals surface area contributed by atoms with Crippen LogP contribution in [0.15, 0.2) is 82.8 Å². The van der Waals surface area contributed by atoms with Gasteiger partial charge in [-0.25, -0.2) is 0 Å². The van der Waals surface area contributed by atoms with E-state index in [1.807, 2.05) is 0 Å². The molecule has 0 aliphatic carbocycles. The maximum atomic E-state index is 10.9. The first kappa shape index (κ1) is 18.6. The van der Waals surface area contributed by atoms with Gasteiger partial charge in [-0.15, -0.1) is 0 Å². The normalized spacial score (nSPS) is 11.1. The van der Waals surface area contributed by atoms with E-state index in [0.717, 1.165) is 0 Å². The molecule has 0 spiro atoms. The van der Waals surface area contributed by atoms with Crippen LogP contribution in [-0.2, 0) is 0 Å². The van der Waals surface area contributed by atoms with E-state index in [9.17, 15) is 20.2 Å². The van der Waals surface area contributed by atoms with Crippen molar-refractivity contribution in [2.45, 2.75) is 0 Å². The lowest BCUT2D eigenvalue weighted by Gasteiger charge is -2.00. The molecule has 0 amide bonds. The van der Waals surface area contributed by atoms with Gasteiger partial charge in [0.25, 0.3) is 11.4 Å². The molecule has 138 valence electrons. The Kier molecular flexibility index (Phi) is 5.61. The van der Waals surface area contributed by atoms with Crippen LogP contribution in [0.25, 0.3) is 0 Å². The number of nitro benzene ring substituents is 2. The molecule has 0 saturated heterocycles. The fraction of sp³-hybridized carbons (Fsp3) is 0. The van der Waals surface area contributed by atoms with Gasteiger partial charge in [-0.2, -0.15) is 0 Å². The van der Waals surface area contributed by atoms with E-state index in [4.69, 9.17) is 0 Å². The summed E-state index contributed by atoms with van der Waals surface area (Å²) in [7, 11) is 0. The van der Waals surface area contributed by atoms with Gasteiger partial charge in [-0.3, -0.25) is 30.2 Å². The average Bonchev–Trinajstić information content (AvgIpc) is 2.71. The minimum absolute atomic E-state index is 0.0130. The quantitative estimate of drug-likeness (QED) is 0.343. The molecule has 0 atom stereocenters. The summed E-state index contributed by atoms with van der Waals surface area (Å²) in [6, 6.07) is 19.4. The number of benzene rings is 3. The zero-order valence-electron chi connectivity index (χ0n) is 14.5.